The molecular formula is C8H6BrN2O+. The first-order chi connectivity index (χ1) is 5.70. The van der Waals surface area contributed by atoms with Gasteiger partial charge in [-0.3, -0.25) is 4.79 Å². The summed E-state index contributed by atoms with van der Waals surface area (Å²) in [5.41, 5.74) is 0.613. The number of hydrogen-bond acceptors (Lipinski definition) is 2. The van der Waals surface area contributed by atoms with Crippen molar-refractivity contribution in [3.8, 4) is 0 Å². The minimum absolute atomic E-state index is 0.0226. The van der Waals surface area contributed by atoms with Crippen LogP contribution in [-0.2, 0) is 4.79 Å². The van der Waals surface area contributed by atoms with Crippen LogP contribution in [0.25, 0.3) is 0 Å². The molecule has 0 radical (unpaired) electrons. The Morgan fingerprint density at radius 2 is 2.33 bits per heavy atom. The van der Waals surface area contributed by atoms with Gasteiger partial charge in [0.1, 0.15) is 0 Å². The molecule has 0 aliphatic carbocycles. The number of carbonyl (C=O) groups is 1. The number of fused-ring (bicyclic) bond motifs is 1. The lowest BCUT2D eigenvalue weighted by Gasteiger charge is -1.94. The second-order valence-electron chi connectivity index (χ2n) is 2.55. The summed E-state index contributed by atoms with van der Waals surface area (Å²) in [6.45, 7) is 1.53. The molecule has 0 N–H and O–H groups in total. The van der Waals surface area contributed by atoms with E-state index in [1.807, 2.05) is 12.2 Å². The van der Waals surface area contributed by atoms with Crippen molar-refractivity contribution in [1.29, 1.82) is 0 Å². The Balaban J connectivity index is 2.58. The second-order valence-corrected chi connectivity index (χ2v) is 3.36. The first-order valence-corrected chi connectivity index (χ1v) is 4.29. The van der Waals surface area contributed by atoms with Crippen LogP contribution in [0.15, 0.2) is 27.6 Å². The van der Waals surface area contributed by atoms with E-state index < -0.39 is 0 Å². The number of ketones is 1. The third kappa shape index (κ3) is 0.914. The molecule has 0 spiro atoms. The van der Waals surface area contributed by atoms with Gasteiger partial charge in [-0.25, -0.2) is 0 Å². The van der Waals surface area contributed by atoms with Crippen molar-refractivity contribution < 1.29 is 9.37 Å². The van der Waals surface area contributed by atoms with Crippen molar-refractivity contribution in [2.75, 3.05) is 0 Å². The molecule has 12 heavy (non-hydrogen) atoms. The summed E-state index contributed by atoms with van der Waals surface area (Å²) in [4.78, 5) is 15.2. The Hall–Kier alpha value is -1.03. The first-order valence-electron chi connectivity index (χ1n) is 3.50. The third-order valence-corrected chi connectivity index (χ3v) is 2.35. The zero-order valence-corrected chi connectivity index (χ0v) is 8.00. The highest BCUT2D eigenvalue weighted by atomic mass is 79.9. The fourth-order valence-corrected chi connectivity index (χ4v) is 1.68. The monoisotopic (exact) mass is 225 g/mol. The van der Waals surface area contributed by atoms with Gasteiger partial charge in [-0.1, -0.05) is 0 Å². The van der Waals surface area contributed by atoms with Crippen molar-refractivity contribution in [1.82, 2.24) is 0 Å². The fourth-order valence-electron chi connectivity index (χ4n) is 1.17. The lowest BCUT2D eigenvalue weighted by molar-refractivity contribution is -0.397. The zero-order valence-electron chi connectivity index (χ0n) is 6.41. The number of allylic oxidation sites excluding steroid dienone is 2. The van der Waals surface area contributed by atoms with E-state index in [0.29, 0.717) is 5.71 Å². The van der Waals surface area contributed by atoms with E-state index >= 15 is 0 Å². The van der Waals surface area contributed by atoms with E-state index in [-0.39, 0.29) is 5.78 Å². The number of carbonyl (C=O) groups excluding carboxylic acids is 1. The highest BCUT2D eigenvalue weighted by Gasteiger charge is 2.31. The number of aliphatic imine (C=N–C) groups is 1. The minimum atomic E-state index is 0.0226. The van der Waals surface area contributed by atoms with Crippen LogP contribution in [0, 0.1) is 0 Å². The molecule has 2 aliphatic heterocycles. The summed E-state index contributed by atoms with van der Waals surface area (Å²) in [5, 5.41) is 0. The van der Waals surface area contributed by atoms with E-state index in [2.05, 4.69) is 20.9 Å². The summed E-state index contributed by atoms with van der Waals surface area (Å²) < 4.78 is 2.64. The van der Waals surface area contributed by atoms with Crippen LogP contribution in [0.1, 0.15) is 6.92 Å². The molecule has 0 aromatic carbocycles. The molecule has 2 rings (SSSR count). The van der Waals surface area contributed by atoms with Crippen molar-refractivity contribution >= 4 is 33.6 Å². The fraction of sp³-hybridized carbons (Fsp3) is 0.125. The maximum absolute atomic E-state index is 11.1. The van der Waals surface area contributed by atoms with E-state index in [4.69, 9.17) is 0 Å². The van der Waals surface area contributed by atoms with Gasteiger partial charge in [0.05, 0.1) is 0 Å². The van der Waals surface area contributed by atoms with Gasteiger partial charge in [0.15, 0.2) is 10.8 Å². The number of hydrogen-bond donors (Lipinski definition) is 0. The van der Waals surface area contributed by atoms with Crippen molar-refractivity contribution in [3.63, 3.8) is 0 Å². The quantitative estimate of drug-likeness (QED) is 0.488. The average Bonchev–Trinajstić information content (AvgIpc) is 2.53. The van der Waals surface area contributed by atoms with Crippen LogP contribution in [0.2, 0.25) is 0 Å². The Bertz CT molecular complexity index is 388. The topological polar surface area (TPSA) is 32.4 Å². The van der Waals surface area contributed by atoms with Crippen molar-refractivity contribution in [2.24, 2.45) is 4.99 Å². The van der Waals surface area contributed by atoms with E-state index in [9.17, 15) is 4.79 Å². The summed E-state index contributed by atoms with van der Waals surface area (Å²) in [6, 6.07) is 0. The summed E-state index contributed by atoms with van der Waals surface area (Å²) in [7, 11) is 0. The standard InChI is InChI=1S/C8H6BrN2O/c1-5(12)6-4-10-8-3-2-7(9)11(6)8/h2-4H,1H3/q+1. The summed E-state index contributed by atoms with van der Waals surface area (Å²) in [6.07, 6.45) is 5.31. The average molecular weight is 226 g/mol. The predicted molar refractivity (Wildman–Crippen MR) is 49.5 cm³/mol. The van der Waals surface area contributed by atoms with Crippen molar-refractivity contribution in [2.45, 2.75) is 6.92 Å². The van der Waals surface area contributed by atoms with Crippen LogP contribution in [-0.4, -0.2) is 22.3 Å². The van der Waals surface area contributed by atoms with Crippen LogP contribution in [0.5, 0.6) is 0 Å². The molecule has 0 atom stereocenters. The van der Waals surface area contributed by atoms with Crippen LogP contribution in [0.4, 0.5) is 0 Å². The highest BCUT2D eigenvalue weighted by Crippen LogP contribution is 2.23. The molecule has 0 aromatic rings. The summed E-state index contributed by atoms with van der Waals surface area (Å²) in [5.74, 6) is 0.821. The lowest BCUT2D eigenvalue weighted by atomic mass is 10.3. The van der Waals surface area contributed by atoms with Gasteiger partial charge in [0.25, 0.3) is 0 Å². The first kappa shape index (κ1) is 7.61. The Kier molecular flexibility index (Phi) is 1.58. The van der Waals surface area contributed by atoms with Gasteiger partial charge in [0.2, 0.25) is 11.5 Å². The van der Waals surface area contributed by atoms with Gasteiger partial charge in [-0.2, -0.15) is 4.58 Å². The lowest BCUT2D eigenvalue weighted by Crippen LogP contribution is -2.19. The second kappa shape index (κ2) is 2.48. The van der Waals surface area contributed by atoms with Crippen molar-refractivity contribution in [3.05, 3.63) is 22.6 Å². The molecule has 3 nitrogen and oxygen atoms in total. The molecule has 0 fully saturated rings. The molecule has 0 aromatic heterocycles. The van der Waals surface area contributed by atoms with Crippen LogP contribution >= 0.6 is 15.9 Å². The molecular weight excluding hydrogens is 220 g/mol. The number of Topliss-reactive ketones (excluding diaryl/α,β-unsaturated/α-hetero) is 1. The SMILES string of the molecule is CC(=O)C1=[N+]2C(Br)=CC=C2N=C1. The van der Waals surface area contributed by atoms with E-state index in [1.54, 1.807) is 10.8 Å². The number of nitrogens with zero attached hydrogens (tertiary/aromatic N) is 2. The number of halogens is 1. The molecule has 0 saturated carbocycles. The van der Waals surface area contributed by atoms with Crippen LogP contribution < -0.4 is 0 Å². The Morgan fingerprint density at radius 3 is 3.00 bits per heavy atom. The Morgan fingerprint density at radius 1 is 1.58 bits per heavy atom. The molecule has 0 saturated heterocycles. The number of rotatable bonds is 1. The minimum Gasteiger partial charge on any atom is -0.290 e. The molecule has 2 aliphatic rings. The molecule has 2 heterocycles. The smallest absolute Gasteiger partial charge is 0.290 e. The zero-order chi connectivity index (χ0) is 8.72. The Labute approximate surface area is 77.9 Å². The summed E-state index contributed by atoms with van der Waals surface area (Å²) >= 11 is 3.34. The highest BCUT2D eigenvalue weighted by molar-refractivity contribution is 9.11. The molecule has 0 amide bonds. The third-order valence-electron chi connectivity index (χ3n) is 1.73. The van der Waals surface area contributed by atoms with Crippen LogP contribution in [0.3, 0.4) is 0 Å². The normalized spacial score (nSPS) is 19.5. The van der Waals surface area contributed by atoms with E-state index in [1.165, 1.54) is 6.92 Å². The maximum Gasteiger partial charge on any atom is 0.329 e. The molecule has 4 heteroatoms. The van der Waals surface area contributed by atoms with E-state index in [0.717, 1.165) is 10.4 Å². The van der Waals surface area contributed by atoms with Gasteiger partial charge >= 0.3 is 5.82 Å². The van der Waals surface area contributed by atoms with Gasteiger partial charge in [0, 0.05) is 19.1 Å². The predicted octanol–water partition coefficient (Wildman–Crippen LogP) is 1.20. The van der Waals surface area contributed by atoms with Gasteiger partial charge < -0.3 is 0 Å². The molecule has 60 valence electrons. The van der Waals surface area contributed by atoms with Gasteiger partial charge in [-0.05, 0) is 20.9 Å². The van der Waals surface area contributed by atoms with Gasteiger partial charge in [-0.15, -0.1) is 0 Å². The molecule has 0 bridgehead atoms. The largest absolute Gasteiger partial charge is 0.329 e. The molecule has 0 unspecified atom stereocenters. The maximum atomic E-state index is 11.1.